The minimum atomic E-state index is -0.689. The Morgan fingerprint density at radius 1 is 0.704 bits per heavy atom. The third-order valence-electron chi connectivity index (χ3n) is 10.3. The number of methoxy groups -OCH3 is 2. The predicted molar refractivity (Wildman–Crippen MR) is 217 cm³/mol. The first-order valence-electron chi connectivity index (χ1n) is 19.1. The molecule has 290 valence electrons. The molecule has 4 atom stereocenters. The first kappa shape index (κ1) is 39.7. The van der Waals surface area contributed by atoms with Gasteiger partial charge >= 0.3 is 0 Å². The summed E-state index contributed by atoms with van der Waals surface area (Å²) < 4.78 is 15.5. The average Bonchev–Trinajstić information content (AvgIpc) is 3.85. The molecule has 14 heteroatoms. The second kappa shape index (κ2) is 18.6. The molecule has 54 heavy (non-hydrogen) atoms. The first-order chi connectivity index (χ1) is 26.3. The van der Waals surface area contributed by atoms with Crippen molar-refractivity contribution in [1.82, 2.24) is 28.9 Å². The molecule has 2 aromatic heterocycles. The molecule has 0 bridgehead atoms. The SMILES string of the molecule is CCCCC1c2nc(-c3ccccc3OC)cn2CCN1C(=O)C(N)CSSCC(N)C(=O)N1CCn2cc(-c3ccccc3OC)nc2C1CCCC. The molecule has 0 spiro atoms. The van der Waals surface area contributed by atoms with Crippen LogP contribution in [0.25, 0.3) is 22.5 Å². The number of fused-ring (bicyclic) bond motifs is 2. The van der Waals surface area contributed by atoms with Gasteiger partial charge in [0.05, 0.1) is 49.8 Å². The van der Waals surface area contributed by atoms with E-state index in [1.165, 1.54) is 21.6 Å². The maximum absolute atomic E-state index is 13.9. The van der Waals surface area contributed by atoms with Crippen molar-refractivity contribution < 1.29 is 19.1 Å². The zero-order valence-electron chi connectivity index (χ0n) is 31.9. The number of para-hydroxylation sites is 2. The van der Waals surface area contributed by atoms with Crippen LogP contribution in [0.5, 0.6) is 11.5 Å². The van der Waals surface area contributed by atoms with Crippen molar-refractivity contribution in [2.45, 2.75) is 89.6 Å². The molecule has 0 aliphatic carbocycles. The van der Waals surface area contributed by atoms with Crippen molar-refractivity contribution in [2.75, 3.05) is 38.8 Å². The van der Waals surface area contributed by atoms with Crippen molar-refractivity contribution in [1.29, 1.82) is 0 Å². The Bertz CT molecular complexity index is 1750. The number of ether oxygens (including phenoxy) is 2. The maximum atomic E-state index is 13.9. The van der Waals surface area contributed by atoms with Crippen molar-refractivity contribution in [3.8, 4) is 34.0 Å². The second-order valence-corrected chi connectivity index (χ2v) is 16.5. The normalized spacial score (nSPS) is 17.8. The van der Waals surface area contributed by atoms with Crippen LogP contribution < -0.4 is 20.9 Å². The summed E-state index contributed by atoms with van der Waals surface area (Å²) in [5.41, 5.74) is 16.7. The fourth-order valence-corrected chi connectivity index (χ4v) is 9.68. The van der Waals surface area contributed by atoms with E-state index in [2.05, 4.69) is 35.4 Å². The zero-order chi connectivity index (χ0) is 38.2. The van der Waals surface area contributed by atoms with Gasteiger partial charge in [0.2, 0.25) is 11.8 Å². The van der Waals surface area contributed by atoms with E-state index in [4.69, 9.17) is 30.9 Å². The standard InChI is InChI=1S/C40H54N8O4S2/c1-5-7-15-33-37-43-31(27-13-9-11-17-35(27)51-3)23-45(37)19-21-47(33)39(49)29(41)25-53-54-26-30(42)40(50)48-22-20-46-24-32(28-14-10-12-18-36(28)52-4)44-38(46)34(48)16-8-6-2/h9-14,17-18,23-24,29-30,33-34H,5-8,15-16,19-22,25-26,41-42H2,1-4H3. The molecule has 0 saturated heterocycles. The summed E-state index contributed by atoms with van der Waals surface area (Å²) in [5.74, 6) is 3.97. The third kappa shape index (κ3) is 8.61. The van der Waals surface area contributed by atoms with Crippen LogP contribution in [0.2, 0.25) is 0 Å². The van der Waals surface area contributed by atoms with Gasteiger partial charge in [0.25, 0.3) is 0 Å². The van der Waals surface area contributed by atoms with E-state index in [-0.39, 0.29) is 23.9 Å². The highest BCUT2D eigenvalue weighted by Crippen LogP contribution is 2.37. The van der Waals surface area contributed by atoms with Gasteiger partial charge in [-0.25, -0.2) is 9.97 Å². The van der Waals surface area contributed by atoms with Crippen molar-refractivity contribution in [3.05, 3.63) is 72.6 Å². The number of hydrogen-bond donors (Lipinski definition) is 2. The number of imidazole rings is 2. The molecular formula is C40H54N8O4S2. The quantitative estimate of drug-likeness (QED) is 0.0924. The highest BCUT2D eigenvalue weighted by Gasteiger charge is 2.37. The van der Waals surface area contributed by atoms with Gasteiger partial charge in [-0.15, -0.1) is 0 Å². The average molecular weight is 775 g/mol. The smallest absolute Gasteiger partial charge is 0.241 e. The van der Waals surface area contributed by atoms with Gasteiger partial charge in [-0.1, -0.05) is 85.4 Å². The van der Waals surface area contributed by atoms with Crippen LogP contribution >= 0.6 is 21.6 Å². The van der Waals surface area contributed by atoms with Crippen LogP contribution in [0, 0.1) is 0 Å². The van der Waals surface area contributed by atoms with Crippen LogP contribution in [0.3, 0.4) is 0 Å². The fourth-order valence-electron chi connectivity index (χ4n) is 7.45. The molecule has 2 aliphatic heterocycles. The number of nitrogens with zero attached hydrogens (tertiary/aromatic N) is 6. The lowest BCUT2D eigenvalue weighted by Crippen LogP contribution is -2.50. The summed E-state index contributed by atoms with van der Waals surface area (Å²) in [6.07, 6.45) is 9.72. The van der Waals surface area contributed by atoms with Crippen molar-refractivity contribution in [2.24, 2.45) is 11.5 Å². The van der Waals surface area contributed by atoms with Gasteiger partial charge in [0, 0.05) is 61.2 Å². The zero-order valence-corrected chi connectivity index (χ0v) is 33.5. The van der Waals surface area contributed by atoms with Gasteiger partial charge in [0.1, 0.15) is 23.1 Å². The predicted octanol–water partition coefficient (Wildman–Crippen LogP) is 6.31. The van der Waals surface area contributed by atoms with Gasteiger partial charge in [-0.2, -0.15) is 0 Å². The highest BCUT2D eigenvalue weighted by atomic mass is 33.1. The van der Waals surface area contributed by atoms with Crippen LogP contribution in [0.4, 0.5) is 0 Å². The molecule has 2 aliphatic rings. The highest BCUT2D eigenvalue weighted by molar-refractivity contribution is 8.76. The Morgan fingerprint density at radius 2 is 1.11 bits per heavy atom. The van der Waals surface area contributed by atoms with E-state index in [0.717, 1.165) is 84.2 Å². The molecule has 6 rings (SSSR count). The molecule has 0 radical (unpaired) electrons. The molecule has 0 saturated carbocycles. The number of aromatic nitrogens is 4. The topological polar surface area (TPSA) is 147 Å². The Morgan fingerprint density at radius 3 is 1.50 bits per heavy atom. The molecular weight excluding hydrogens is 721 g/mol. The fraction of sp³-hybridized carbons (Fsp3) is 0.500. The lowest BCUT2D eigenvalue weighted by Gasteiger charge is -2.37. The lowest BCUT2D eigenvalue weighted by molar-refractivity contribution is -0.136. The van der Waals surface area contributed by atoms with Crippen LogP contribution in [0.1, 0.15) is 76.1 Å². The van der Waals surface area contributed by atoms with Gasteiger partial charge < -0.3 is 39.9 Å². The molecule has 2 aromatic carbocycles. The molecule has 0 fully saturated rings. The minimum Gasteiger partial charge on any atom is -0.496 e. The molecule has 4 N–H and O–H groups in total. The largest absolute Gasteiger partial charge is 0.496 e. The van der Waals surface area contributed by atoms with E-state index >= 15 is 0 Å². The summed E-state index contributed by atoms with van der Waals surface area (Å²) in [4.78, 5) is 41.7. The number of carbonyl (C=O) groups is 2. The Hall–Kier alpha value is -3.98. The van der Waals surface area contributed by atoms with E-state index in [1.54, 1.807) is 14.2 Å². The Balaban J connectivity index is 1.06. The number of nitrogens with two attached hydrogens (primary N) is 2. The lowest BCUT2D eigenvalue weighted by atomic mass is 10.0. The molecule has 4 heterocycles. The number of hydrogen-bond acceptors (Lipinski definition) is 10. The number of carbonyl (C=O) groups excluding carboxylic acids is 2. The van der Waals surface area contributed by atoms with E-state index in [9.17, 15) is 9.59 Å². The maximum Gasteiger partial charge on any atom is 0.241 e. The van der Waals surface area contributed by atoms with Gasteiger partial charge in [-0.3, -0.25) is 9.59 Å². The summed E-state index contributed by atoms with van der Waals surface area (Å²) in [5, 5.41) is 0. The van der Waals surface area contributed by atoms with Crippen LogP contribution in [-0.4, -0.2) is 91.6 Å². The number of unbranched alkanes of at least 4 members (excludes halogenated alkanes) is 2. The summed E-state index contributed by atoms with van der Waals surface area (Å²) >= 11 is 0. The number of amides is 2. The summed E-state index contributed by atoms with van der Waals surface area (Å²) in [7, 11) is 6.32. The summed E-state index contributed by atoms with van der Waals surface area (Å²) in [6.45, 7) is 6.74. The van der Waals surface area contributed by atoms with Crippen LogP contribution in [0.15, 0.2) is 60.9 Å². The Labute approximate surface area is 326 Å². The monoisotopic (exact) mass is 774 g/mol. The number of rotatable bonds is 17. The van der Waals surface area contributed by atoms with E-state index in [1.807, 2.05) is 58.3 Å². The van der Waals surface area contributed by atoms with Crippen molar-refractivity contribution >= 4 is 33.4 Å². The van der Waals surface area contributed by atoms with E-state index < -0.39 is 12.1 Å². The summed E-state index contributed by atoms with van der Waals surface area (Å²) in [6, 6.07) is 14.0. The van der Waals surface area contributed by atoms with Gasteiger partial charge in [-0.05, 0) is 37.1 Å². The third-order valence-corrected chi connectivity index (χ3v) is 12.8. The first-order valence-corrected chi connectivity index (χ1v) is 21.6. The molecule has 4 aromatic rings. The number of benzene rings is 2. The second-order valence-electron chi connectivity index (χ2n) is 13.9. The minimum absolute atomic E-state index is 0.0762. The molecule has 4 unspecified atom stereocenters. The Kier molecular flexibility index (Phi) is 13.7. The van der Waals surface area contributed by atoms with Crippen molar-refractivity contribution in [3.63, 3.8) is 0 Å². The molecule has 2 amide bonds. The van der Waals surface area contributed by atoms with Gasteiger partial charge in [0.15, 0.2) is 0 Å². The van der Waals surface area contributed by atoms with E-state index in [0.29, 0.717) is 37.7 Å². The van der Waals surface area contributed by atoms with Crippen LogP contribution in [-0.2, 0) is 22.7 Å². The molecule has 12 nitrogen and oxygen atoms in total.